The van der Waals surface area contributed by atoms with E-state index in [4.69, 9.17) is 9.84 Å². The van der Waals surface area contributed by atoms with Gasteiger partial charge in [0, 0.05) is 29.6 Å². The van der Waals surface area contributed by atoms with Crippen molar-refractivity contribution in [3.63, 3.8) is 0 Å². The van der Waals surface area contributed by atoms with Gasteiger partial charge in [-0.25, -0.2) is 0 Å². The fourth-order valence-corrected chi connectivity index (χ4v) is 2.43. The van der Waals surface area contributed by atoms with Crippen LogP contribution in [0.1, 0.15) is 42.1 Å². The van der Waals surface area contributed by atoms with Gasteiger partial charge in [-0.1, -0.05) is 25.5 Å². The van der Waals surface area contributed by atoms with Crippen molar-refractivity contribution in [1.29, 1.82) is 0 Å². The first kappa shape index (κ1) is 18.4. The predicted molar refractivity (Wildman–Crippen MR) is 93.4 cm³/mol. The summed E-state index contributed by atoms with van der Waals surface area (Å²) in [6.45, 7) is 2.31. The number of carboxylic acids is 1. The Kier molecular flexibility index (Phi) is 6.95. The van der Waals surface area contributed by atoms with Gasteiger partial charge in [-0.3, -0.25) is 14.6 Å². The van der Waals surface area contributed by atoms with Crippen LogP contribution in [0.5, 0.6) is 5.75 Å². The van der Waals surface area contributed by atoms with E-state index in [-0.39, 0.29) is 18.4 Å². The second-order valence-electron chi connectivity index (χ2n) is 5.73. The minimum absolute atomic E-state index is 0.0865. The number of rotatable bonds is 9. The van der Waals surface area contributed by atoms with Gasteiger partial charge < -0.3 is 15.2 Å². The molecule has 2 N–H and O–H groups in total. The molecule has 1 atom stereocenters. The highest BCUT2D eigenvalue weighted by molar-refractivity contribution is 5.95. The summed E-state index contributed by atoms with van der Waals surface area (Å²) in [4.78, 5) is 27.3. The number of carboxylic acid groups (broad SMARTS) is 1. The standard InChI is InChI=1S/C19H22N2O4/c1-2-5-16(11-18(22)23)21-19(24)15-7-3-8-17(10-15)25-13-14-6-4-9-20-12-14/h3-4,6-10,12,16H,2,5,11,13H2,1H3,(H,21,24)(H,22,23)/t16-/m0/s1. The zero-order chi connectivity index (χ0) is 18.1. The zero-order valence-electron chi connectivity index (χ0n) is 14.1. The summed E-state index contributed by atoms with van der Waals surface area (Å²) < 4.78 is 5.69. The number of carbonyl (C=O) groups is 2. The van der Waals surface area contributed by atoms with Crippen molar-refractivity contribution >= 4 is 11.9 Å². The molecule has 0 aliphatic carbocycles. The normalized spacial score (nSPS) is 11.6. The largest absolute Gasteiger partial charge is 0.489 e. The van der Waals surface area contributed by atoms with Crippen molar-refractivity contribution < 1.29 is 19.4 Å². The van der Waals surface area contributed by atoms with E-state index in [0.29, 0.717) is 24.3 Å². The average Bonchev–Trinajstić information content (AvgIpc) is 2.61. The molecule has 0 saturated carbocycles. The molecule has 1 aromatic carbocycles. The summed E-state index contributed by atoms with van der Waals surface area (Å²) in [5.41, 5.74) is 1.37. The Bertz CT molecular complexity index is 704. The van der Waals surface area contributed by atoms with Crippen LogP contribution in [-0.2, 0) is 11.4 Å². The molecule has 132 valence electrons. The fraction of sp³-hybridized carbons (Fsp3) is 0.316. The Morgan fingerprint density at radius 2 is 2.12 bits per heavy atom. The van der Waals surface area contributed by atoms with Crippen LogP contribution in [0.15, 0.2) is 48.8 Å². The second kappa shape index (κ2) is 9.42. The molecule has 2 rings (SSSR count). The molecule has 1 amide bonds. The summed E-state index contributed by atoms with van der Waals surface area (Å²) in [5.74, 6) is -0.652. The van der Waals surface area contributed by atoms with Crippen LogP contribution in [0.2, 0.25) is 0 Å². The molecule has 0 radical (unpaired) electrons. The Labute approximate surface area is 146 Å². The van der Waals surface area contributed by atoms with E-state index >= 15 is 0 Å². The lowest BCUT2D eigenvalue weighted by Crippen LogP contribution is -2.36. The number of pyridine rings is 1. The molecule has 1 heterocycles. The van der Waals surface area contributed by atoms with Crippen LogP contribution in [0.25, 0.3) is 0 Å². The summed E-state index contributed by atoms with van der Waals surface area (Å²) >= 11 is 0. The van der Waals surface area contributed by atoms with Crippen LogP contribution in [0, 0.1) is 0 Å². The van der Waals surface area contributed by atoms with Crippen LogP contribution in [0.4, 0.5) is 0 Å². The van der Waals surface area contributed by atoms with Crippen molar-refractivity contribution in [2.45, 2.75) is 38.8 Å². The molecular weight excluding hydrogens is 320 g/mol. The molecule has 0 saturated heterocycles. The third-order valence-corrected chi connectivity index (χ3v) is 3.62. The third kappa shape index (κ3) is 6.25. The highest BCUT2D eigenvalue weighted by Crippen LogP contribution is 2.15. The first-order chi connectivity index (χ1) is 12.1. The molecule has 2 aromatic rings. The molecule has 0 unspecified atom stereocenters. The second-order valence-corrected chi connectivity index (χ2v) is 5.73. The lowest BCUT2D eigenvalue weighted by Gasteiger charge is -2.16. The van der Waals surface area contributed by atoms with Crippen LogP contribution >= 0.6 is 0 Å². The smallest absolute Gasteiger partial charge is 0.305 e. The number of amides is 1. The number of nitrogens with one attached hydrogen (secondary N) is 1. The summed E-state index contributed by atoms with van der Waals surface area (Å²) in [6.07, 6.45) is 4.74. The number of nitrogens with zero attached hydrogens (tertiary/aromatic N) is 1. The van der Waals surface area contributed by atoms with E-state index in [1.54, 1.807) is 36.7 Å². The van der Waals surface area contributed by atoms with Gasteiger partial charge in [-0.05, 0) is 30.7 Å². The molecule has 6 nitrogen and oxygen atoms in total. The lowest BCUT2D eigenvalue weighted by atomic mass is 10.1. The van der Waals surface area contributed by atoms with Crippen molar-refractivity contribution in [2.75, 3.05) is 0 Å². The van der Waals surface area contributed by atoms with Crippen LogP contribution in [-0.4, -0.2) is 28.0 Å². The van der Waals surface area contributed by atoms with Gasteiger partial charge in [0.15, 0.2) is 0 Å². The Balaban J connectivity index is 1.98. The number of hydrogen-bond donors (Lipinski definition) is 2. The first-order valence-corrected chi connectivity index (χ1v) is 8.23. The lowest BCUT2D eigenvalue weighted by molar-refractivity contribution is -0.137. The first-order valence-electron chi connectivity index (χ1n) is 8.23. The number of hydrogen-bond acceptors (Lipinski definition) is 4. The Morgan fingerprint density at radius 1 is 1.28 bits per heavy atom. The molecule has 0 fully saturated rings. The topological polar surface area (TPSA) is 88.5 Å². The zero-order valence-corrected chi connectivity index (χ0v) is 14.1. The van der Waals surface area contributed by atoms with Gasteiger partial charge in [0.05, 0.1) is 6.42 Å². The van der Waals surface area contributed by atoms with Gasteiger partial charge in [0.2, 0.25) is 0 Å². The number of carbonyl (C=O) groups excluding carboxylic acids is 1. The van der Waals surface area contributed by atoms with E-state index < -0.39 is 5.97 Å². The van der Waals surface area contributed by atoms with Crippen molar-refractivity contribution in [1.82, 2.24) is 10.3 Å². The molecular formula is C19H22N2O4. The summed E-state index contributed by atoms with van der Waals surface area (Å²) in [5, 5.41) is 11.7. The van der Waals surface area contributed by atoms with Gasteiger partial charge in [0.25, 0.3) is 5.91 Å². The highest BCUT2D eigenvalue weighted by atomic mass is 16.5. The van der Waals surface area contributed by atoms with Crippen molar-refractivity contribution in [3.05, 3.63) is 59.9 Å². The van der Waals surface area contributed by atoms with Crippen molar-refractivity contribution in [2.24, 2.45) is 0 Å². The quantitative estimate of drug-likeness (QED) is 0.731. The summed E-state index contributed by atoms with van der Waals surface area (Å²) in [7, 11) is 0. The molecule has 1 aromatic heterocycles. The molecule has 0 spiro atoms. The number of ether oxygens (including phenoxy) is 1. The Hall–Kier alpha value is -2.89. The monoisotopic (exact) mass is 342 g/mol. The van der Waals surface area contributed by atoms with E-state index in [2.05, 4.69) is 10.3 Å². The maximum atomic E-state index is 12.4. The third-order valence-electron chi connectivity index (χ3n) is 3.62. The average molecular weight is 342 g/mol. The molecule has 0 aliphatic rings. The number of aromatic nitrogens is 1. The van der Waals surface area contributed by atoms with Gasteiger partial charge in [-0.15, -0.1) is 0 Å². The maximum Gasteiger partial charge on any atom is 0.305 e. The number of benzene rings is 1. The van der Waals surface area contributed by atoms with Crippen LogP contribution < -0.4 is 10.1 Å². The van der Waals surface area contributed by atoms with Gasteiger partial charge in [-0.2, -0.15) is 0 Å². The minimum atomic E-state index is -0.924. The van der Waals surface area contributed by atoms with E-state index in [1.165, 1.54) is 0 Å². The summed E-state index contributed by atoms with van der Waals surface area (Å²) in [6, 6.07) is 10.2. The van der Waals surface area contributed by atoms with Crippen molar-refractivity contribution in [3.8, 4) is 5.75 Å². The SMILES string of the molecule is CCC[C@@H](CC(=O)O)NC(=O)c1cccc(OCc2cccnc2)c1. The van der Waals surface area contributed by atoms with Gasteiger partial charge in [0.1, 0.15) is 12.4 Å². The molecule has 25 heavy (non-hydrogen) atoms. The van der Waals surface area contributed by atoms with Crippen LogP contribution in [0.3, 0.4) is 0 Å². The molecule has 0 bridgehead atoms. The predicted octanol–water partition coefficient (Wildman–Crippen LogP) is 3.03. The van der Waals surface area contributed by atoms with E-state index in [0.717, 1.165) is 12.0 Å². The maximum absolute atomic E-state index is 12.4. The van der Waals surface area contributed by atoms with Gasteiger partial charge >= 0.3 is 5.97 Å². The van der Waals surface area contributed by atoms with E-state index in [9.17, 15) is 9.59 Å². The Morgan fingerprint density at radius 3 is 2.80 bits per heavy atom. The molecule has 0 aliphatic heterocycles. The van der Waals surface area contributed by atoms with E-state index in [1.807, 2.05) is 19.1 Å². The molecule has 6 heteroatoms. The number of aliphatic carboxylic acids is 1. The fourth-order valence-electron chi connectivity index (χ4n) is 2.43. The minimum Gasteiger partial charge on any atom is -0.489 e. The highest BCUT2D eigenvalue weighted by Gasteiger charge is 2.16.